The van der Waals surface area contributed by atoms with Gasteiger partial charge in [-0.05, 0) is 37.5 Å². The highest BCUT2D eigenvalue weighted by Crippen LogP contribution is 2.17. The summed E-state index contributed by atoms with van der Waals surface area (Å²) in [7, 11) is 0. The molecule has 3 nitrogen and oxygen atoms in total. The van der Waals surface area contributed by atoms with Gasteiger partial charge in [-0.1, -0.05) is 26.0 Å². The Balaban J connectivity index is 2.30. The van der Waals surface area contributed by atoms with Crippen LogP contribution in [0.3, 0.4) is 0 Å². The molecule has 0 radical (unpaired) electrons. The van der Waals surface area contributed by atoms with Gasteiger partial charge in [0, 0.05) is 18.4 Å². The predicted molar refractivity (Wildman–Crippen MR) is 76.5 cm³/mol. The van der Waals surface area contributed by atoms with Crippen molar-refractivity contribution in [1.29, 1.82) is 0 Å². The highest BCUT2D eigenvalue weighted by atomic mass is 15.2. The van der Waals surface area contributed by atoms with E-state index in [2.05, 4.69) is 59.2 Å². The van der Waals surface area contributed by atoms with E-state index >= 15 is 0 Å². The normalized spacial score (nSPS) is 10.6. The molecule has 1 heterocycles. The monoisotopic (exact) mass is 243 g/mol. The molecule has 0 spiro atoms. The first kappa shape index (κ1) is 12.7. The number of nitrogens with one attached hydrogen (secondary N) is 1. The zero-order valence-electron chi connectivity index (χ0n) is 11.4. The molecule has 2 aromatic rings. The maximum absolute atomic E-state index is 4.52. The van der Waals surface area contributed by atoms with E-state index in [1.165, 1.54) is 5.56 Å². The van der Waals surface area contributed by atoms with Crippen molar-refractivity contribution in [3.63, 3.8) is 0 Å². The zero-order valence-corrected chi connectivity index (χ0v) is 11.4. The molecular formula is C15H21N3. The van der Waals surface area contributed by atoms with Gasteiger partial charge in [-0.2, -0.15) is 0 Å². The SMILES string of the molecule is CCCNc1nc(C)cn1-c1ccc(CC)cc1. The van der Waals surface area contributed by atoms with Gasteiger partial charge in [0.2, 0.25) is 5.95 Å². The van der Waals surface area contributed by atoms with Gasteiger partial charge >= 0.3 is 0 Å². The third kappa shape index (κ3) is 2.73. The van der Waals surface area contributed by atoms with Crippen molar-refractivity contribution in [3.8, 4) is 5.69 Å². The second-order valence-electron chi connectivity index (χ2n) is 4.52. The molecule has 0 saturated heterocycles. The Kier molecular flexibility index (Phi) is 4.03. The third-order valence-corrected chi connectivity index (χ3v) is 2.98. The van der Waals surface area contributed by atoms with Crippen LogP contribution >= 0.6 is 0 Å². The van der Waals surface area contributed by atoms with Crippen LogP contribution in [0.2, 0.25) is 0 Å². The van der Waals surface area contributed by atoms with Gasteiger partial charge in [-0.15, -0.1) is 0 Å². The van der Waals surface area contributed by atoms with Gasteiger partial charge in [-0.25, -0.2) is 4.98 Å². The second kappa shape index (κ2) is 5.71. The van der Waals surface area contributed by atoms with Crippen LogP contribution in [0.25, 0.3) is 5.69 Å². The van der Waals surface area contributed by atoms with Crippen LogP contribution in [0.5, 0.6) is 0 Å². The van der Waals surface area contributed by atoms with E-state index in [0.717, 1.165) is 36.7 Å². The lowest BCUT2D eigenvalue weighted by atomic mass is 10.1. The van der Waals surface area contributed by atoms with Gasteiger partial charge in [0.25, 0.3) is 0 Å². The summed E-state index contributed by atoms with van der Waals surface area (Å²) in [4.78, 5) is 4.52. The summed E-state index contributed by atoms with van der Waals surface area (Å²) in [6.07, 6.45) is 4.24. The number of hydrogen-bond acceptors (Lipinski definition) is 2. The van der Waals surface area contributed by atoms with Crippen LogP contribution in [0.15, 0.2) is 30.5 Å². The molecule has 1 N–H and O–H groups in total. The first-order chi connectivity index (χ1) is 8.74. The standard InChI is InChI=1S/C15H21N3/c1-4-10-16-15-17-12(3)11-18(15)14-8-6-13(5-2)7-9-14/h6-9,11H,4-5,10H2,1-3H3,(H,16,17). The van der Waals surface area contributed by atoms with Crippen molar-refractivity contribution in [1.82, 2.24) is 9.55 Å². The van der Waals surface area contributed by atoms with Crippen molar-refractivity contribution < 1.29 is 0 Å². The lowest BCUT2D eigenvalue weighted by Crippen LogP contribution is -2.06. The van der Waals surface area contributed by atoms with Crippen molar-refractivity contribution >= 4 is 5.95 Å². The molecule has 18 heavy (non-hydrogen) atoms. The van der Waals surface area contributed by atoms with Crippen LogP contribution < -0.4 is 5.32 Å². The number of imidazole rings is 1. The molecule has 0 amide bonds. The Labute approximate surface area is 109 Å². The van der Waals surface area contributed by atoms with Crippen LogP contribution in [0.1, 0.15) is 31.5 Å². The van der Waals surface area contributed by atoms with E-state index < -0.39 is 0 Å². The molecule has 2 rings (SSSR count). The van der Waals surface area contributed by atoms with E-state index in [0.29, 0.717) is 0 Å². The van der Waals surface area contributed by atoms with Crippen LogP contribution in [0.4, 0.5) is 5.95 Å². The summed E-state index contributed by atoms with van der Waals surface area (Å²) in [5.74, 6) is 0.929. The average molecular weight is 243 g/mol. The number of aryl methyl sites for hydroxylation is 2. The minimum absolute atomic E-state index is 0.929. The molecule has 0 aliphatic carbocycles. The summed E-state index contributed by atoms with van der Waals surface area (Å²) >= 11 is 0. The maximum atomic E-state index is 4.52. The molecule has 1 aromatic carbocycles. The molecule has 3 heteroatoms. The number of nitrogens with zero attached hydrogens (tertiary/aromatic N) is 2. The fraction of sp³-hybridized carbons (Fsp3) is 0.400. The van der Waals surface area contributed by atoms with Crippen LogP contribution in [-0.4, -0.2) is 16.1 Å². The summed E-state index contributed by atoms with van der Waals surface area (Å²) in [6, 6.07) is 8.65. The topological polar surface area (TPSA) is 29.9 Å². The highest BCUT2D eigenvalue weighted by Gasteiger charge is 2.06. The van der Waals surface area contributed by atoms with Gasteiger partial charge in [0.1, 0.15) is 0 Å². The molecule has 96 valence electrons. The van der Waals surface area contributed by atoms with Crippen molar-refractivity contribution in [3.05, 3.63) is 41.7 Å². The molecule has 0 bridgehead atoms. The largest absolute Gasteiger partial charge is 0.355 e. The first-order valence-electron chi connectivity index (χ1n) is 6.63. The Morgan fingerprint density at radius 1 is 1.17 bits per heavy atom. The van der Waals surface area contributed by atoms with Crippen LogP contribution in [-0.2, 0) is 6.42 Å². The zero-order chi connectivity index (χ0) is 13.0. The molecule has 0 unspecified atom stereocenters. The summed E-state index contributed by atoms with van der Waals surface area (Å²) in [6.45, 7) is 7.30. The number of hydrogen-bond donors (Lipinski definition) is 1. The Hall–Kier alpha value is -1.77. The Morgan fingerprint density at radius 3 is 2.50 bits per heavy atom. The number of benzene rings is 1. The quantitative estimate of drug-likeness (QED) is 0.870. The summed E-state index contributed by atoms with van der Waals surface area (Å²) < 4.78 is 2.12. The van der Waals surface area contributed by atoms with Gasteiger partial charge in [0.05, 0.1) is 5.69 Å². The minimum Gasteiger partial charge on any atom is -0.355 e. The fourth-order valence-electron chi connectivity index (χ4n) is 1.95. The van der Waals surface area contributed by atoms with Gasteiger partial charge in [-0.3, -0.25) is 4.57 Å². The third-order valence-electron chi connectivity index (χ3n) is 2.98. The van der Waals surface area contributed by atoms with Crippen molar-refractivity contribution in [2.24, 2.45) is 0 Å². The first-order valence-corrected chi connectivity index (χ1v) is 6.63. The molecule has 0 saturated carbocycles. The second-order valence-corrected chi connectivity index (χ2v) is 4.52. The van der Waals surface area contributed by atoms with E-state index in [1.807, 2.05) is 6.92 Å². The van der Waals surface area contributed by atoms with Crippen molar-refractivity contribution in [2.45, 2.75) is 33.6 Å². The minimum atomic E-state index is 0.929. The van der Waals surface area contributed by atoms with E-state index in [1.54, 1.807) is 0 Å². The average Bonchev–Trinajstić information content (AvgIpc) is 2.77. The summed E-state index contributed by atoms with van der Waals surface area (Å²) in [5, 5.41) is 3.36. The molecule has 0 fully saturated rings. The number of aromatic nitrogens is 2. The fourth-order valence-corrected chi connectivity index (χ4v) is 1.95. The Bertz CT molecular complexity index is 497. The van der Waals surface area contributed by atoms with Crippen molar-refractivity contribution in [2.75, 3.05) is 11.9 Å². The molecule has 1 aromatic heterocycles. The Morgan fingerprint density at radius 2 is 1.89 bits per heavy atom. The molecular weight excluding hydrogens is 222 g/mol. The smallest absolute Gasteiger partial charge is 0.207 e. The number of anilines is 1. The maximum Gasteiger partial charge on any atom is 0.207 e. The van der Waals surface area contributed by atoms with E-state index in [4.69, 9.17) is 0 Å². The van der Waals surface area contributed by atoms with E-state index in [-0.39, 0.29) is 0 Å². The lowest BCUT2D eigenvalue weighted by Gasteiger charge is -2.09. The van der Waals surface area contributed by atoms with Gasteiger partial charge < -0.3 is 5.32 Å². The molecule has 0 atom stereocenters. The summed E-state index contributed by atoms with van der Waals surface area (Å²) in [5.41, 5.74) is 3.55. The van der Waals surface area contributed by atoms with Gasteiger partial charge in [0.15, 0.2) is 0 Å². The lowest BCUT2D eigenvalue weighted by molar-refractivity contribution is 0.936. The number of rotatable bonds is 5. The molecule has 0 aliphatic rings. The van der Waals surface area contributed by atoms with Crippen LogP contribution in [0, 0.1) is 6.92 Å². The molecule has 0 aliphatic heterocycles. The highest BCUT2D eigenvalue weighted by molar-refractivity contribution is 5.44. The van der Waals surface area contributed by atoms with E-state index in [9.17, 15) is 0 Å². The predicted octanol–water partition coefficient (Wildman–Crippen LogP) is 3.57.